The van der Waals surface area contributed by atoms with Crippen molar-refractivity contribution in [1.82, 2.24) is 0 Å². The third-order valence-electron chi connectivity index (χ3n) is 0. The molecule has 0 spiro atoms. The molecule has 8 heavy (non-hydrogen) atoms. The Labute approximate surface area is 112 Å². The van der Waals surface area contributed by atoms with Crippen LogP contribution in [0.1, 0.15) is 13.8 Å². The first-order chi connectivity index (χ1) is 1.41. The van der Waals surface area contributed by atoms with Gasteiger partial charge in [0.05, 0.1) is 0 Å². The van der Waals surface area contributed by atoms with Crippen LogP contribution >= 0.6 is 0 Å². The van der Waals surface area contributed by atoms with Crippen LogP contribution in [0.4, 0.5) is 0 Å². The molecular weight excluding hydrogens is 365 g/mol. The maximum absolute atomic E-state index is 2.00. The predicted molar refractivity (Wildman–Crippen MR) is 21.4 cm³/mol. The van der Waals surface area contributed by atoms with E-state index in [0.29, 0.717) is 0 Å². The summed E-state index contributed by atoms with van der Waals surface area (Å²) in [5, 5.41) is 0. The van der Waals surface area contributed by atoms with E-state index in [4.69, 9.17) is 0 Å². The Morgan fingerprint density at radius 3 is 0.875 bits per heavy atom. The molecule has 0 aromatic carbocycles. The summed E-state index contributed by atoms with van der Waals surface area (Å²) in [5.74, 6) is 0. The molecule has 0 rings (SSSR count). The van der Waals surface area contributed by atoms with Crippen LogP contribution in [0.5, 0.6) is 0 Å². The number of halogens is 3. The Bertz CT molecular complexity index is 14.5. The molecule has 5 heteroatoms. The van der Waals surface area contributed by atoms with Crippen molar-refractivity contribution in [2.45, 2.75) is 13.8 Å². The van der Waals surface area contributed by atoms with Crippen LogP contribution in [0.2, 0.25) is 0 Å². The first kappa shape index (κ1) is 44.9. The average Bonchev–Trinajstić information content (AvgIpc) is 0.918. The maximum atomic E-state index is 2.00. The molecule has 0 bridgehead atoms. The van der Waals surface area contributed by atoms with Crippen molar-refractivity contribution >= 4 is 23.1 Å². The van der Waals surface area contributed by atoms with Gasteiger partial charge in [0.15, 0.2) is 0 Å². The van der Waals surface area contributed by atoms with Crippen molar-refractivity contribution in [3.63, 3.8) is 0 Å². The monoisotopic (exact) mass is 368 g/mol. The van der Waals surface area contributed by atoms with Crippen molar-refractivity contribution in [1.29, 1.82) is 0 Å². The zero-order chi connectivity index (χ0) is 2.71. The predicted octanol–water partition coefficient (Wildman–Crippen LogP) is -8.14. The third kappa shape index (κ3) is 67.6. The SMILES string of the molecule is C[CH-]C.[Br-].[Br-].[Br-].[Mg+2].[Zn+2]. The van der Waals surface area contributed by atoms with Crippen LogP contribution in [0, 0.1) is 6.42 Å². The van der Waals surface area contributed by atoms with Crippen molar-refractivity contribution in [3.05, 3.63) is 6.42 Å². The molecule has 0 fully saturated rings. The Balaban J connectivity index is -0.00000000200. The first-order valence-electron chi connectivity index (χ1n) is 1.15. The van der Waals surface area contributed by atoms with E-state index < -0.39 is 0 Å². The summed E-state index contributed by atoms with van der Waals surface area (Å²) in [5.41, 5.74) is 0. The van der Waals surface area contributed by atoms with Gasteiger partial charge in [-0.1, -0.05) is 0 Å². The van der Waals surface area contributed by atoms with Gasteiger partial charge < -0.3 is 57.4 Å². The molecule has 0 unspecified atom stereocenters. The molecule has 0 radical (unpaired) electrons. The molecule has 0 heterocycles. The minimum atomic E-state index is 0. The Hall–Kier alpha value is 2.83. The maximum Gasteiger partial charge on any atom is 2.00 e. The van der Waals surface area contributed by atoms with E-state index in [0.717, 1.165) is 0 Å². The summed E-state index contributed by atoms with van der Waals surface area (Å²) in [7, 11) is 0. The van der Waals surface area contributed by atoms with Gasteiger partial charge in [0.25, 0.3) is 0 Å². The second-order valence-electron chi connectivity index (χ2n) is 0.577. The summed E-state index contributed by atoms with van der Waals surface area (Å²) in [6, 6.07) is 0. The first-order valence-corrected chi connectivity index (χ1v) is 1.15. The van der Waals surface area contributed by atoms with Gasteiger partial charge in [0.1, 0.15) is 0 Å². The standard InChI is InChI=1S/C3H7.3BrH.Mg.Zn/c1-3-2;;;;;/h3H,1-2H3;3*1H;;/q-1;;;;2*+2/p-3. The third-order valence-corrected chi connectivity index (χ3v) is 0. The molecule has 0 saturated heterocycles. The largest absolute Gasteiger partial charge is 2.00 e. The molecule has 0 nitrogen and oxygen atoms in total. The molecule has 0 aromatic rings. The van der Waals surface area contributed by atoms with Crippen LogP contribution in [-0.4, -0.2) is 23.1 Å². The summed E-state index contributed by atoms with van der Waals surface area (Å²) < 4.78 is 0. The van der Waals surface area contributed by atoms with Gasteiger partial charge in [-0.2, -0.15) is 13.8 Å². The van der Waals surface area contributed by atoms with Gasteiger partial charge in [-0.3, -0.25) is 0 Å². The molecule has 0 aliphatic heterocycles. The normalized spacial score (nSPS) is 2.25. The molecule has 0 aliphatic rings. The van der Waals surface area contributed by atoms with Crippen LogP contribution < -0.4 is 50.9 Å². The van der Waals surface area contributed by atoms with E-state index in [1.807, 2.05) is 20.3 Å². The minimum Gasteiger partial charge on any atom is -1.00 e. The second kappa shape index (κ2) is 52.3. The van der Waals surface area contributed by atoms with E-state index >= 15 is 0 Å². The molecule has 0 N–H and O–H groups in total. The molecule has 0 amide bonds. The molecule has 0 atom stereocenters. The quantitative estimate of drug-likeness (QED) is 0.293. The zero-order valence-electron chi connectivity index (χ0n) is 5.13. The van der Waals surface area contributed by atoms with Gasteiger partial charge in [-0.25, -0.2) is 0 Å². The topological polar surface area (TPSA) is 0 Å². The Morgan fingerprint density at radius 1 is 0.875 bits per heavy atom. The van der Waals surface area contributed by atoms with Gasteiger partial charge in [0, 0.05) is 0 Å². The fourth-order valence-electron chi connectivity index (χ4n) is 0. The van der Waals surface area contributed by atoms with Crippen molar-refractivity contribution < 1.29 is 70.4 Å². The van der Waals surface area contributed by atoms with Gasteiger partial charge in [-0.15, -0.1) is 0 Å². The van der Waals surface area contributed by atoms with Crippen LogP contribution in [0.3, 0.4) is 0 Å². The van der Waals surface area contributed by atoms with Crippen molar-refractivity contribution in [3.8, 4) is 0 Å². The van der Waals surface area contributed by atoms with E-state index in [1.165, 1.54) is 0 Å². The molecular formula is C3H7Br3MgZn. The van der Waals surface area contributed by atoms with Crippen LogP contribution in [0.25, 0.3) is 0 Å². The van der Waals surface area contributed by atoms with Gasteiger partial charge in [0.2, 0.25) is 0 Å². The van der Waals surface area contributed by atoms with Crippen molar-refractivity contribution in [2.75, 3.05) is 0 Å². The molecule has 0 aliphatic carbocycles. The van der Waals surface area contributed by atoms with Gasteiger partial charge >= 0.3 is 42.5 Å². The van der Waals surface area contributed by atoms with E-state index in [-0.39, 0.29) is 93.5 Å². The summed E-state index contributed by atoms with van der Waals surface area (Å²) in [4.78, 5) is 0. The fourth-order valence-corrected chi connectivity index (χ4v) is 0. The Morgan fingerprint density at radius 2 is 0.875 bits per heavy atom. The zero-order valence-corrected chi connectivity index (χ0v) is 14.3. The fraction of sp³-hybridized carbons (Fsp3) is 0.667. The smallest absolute Gasteiger partial charge is 1.00 e. The summed E-state index contributed by atoms with van der Waals surface area (Å²) >= 11 is 0. The van der Waals surface area contributed by atoms with E-state index in [9.17, 15) is 0 Å². The summed E-state index contributed by atoms with van der Waals surface area (Å²) in [6.07, 6.45) is 2.00. The number of hydrogen-bond donors (Lipinski definition) is 0. The van der Waals surface area contributed by atoms with E-state index in [2.05, 4.69) is 0 Å². The number of rotatable bonds is 0. The molecule has 0 aromatic heterocycles. The summed E-state index contributed by atoms with van der Waals surface area (Å²) in [6.45, 7) is 4.00. The molecule has 44 valence electrons. The van der Waals surface area contributed by atoms with E-state index in [1.54, 1.807) is 0 Å². The van der Waals surface area contributed by atoms with Crippen molar-refractivity contribution in [2.24, 2.45) is 0 Å². The molecule has 0 saturated carbocycles. The van der Waals surface area contributed by atoms with Gasteiger partial charge in [-0.05, 0) is 0 Å². The average molecular weight is 372 g/mol. The minimum absolute atomic E-state index is 0. The van der Waals surface area contributed by atoms with Crippen LogP contribution in [0.15, 0.2) is 0 Å². The van der Waals surface area contributed by atoms with Crippen LogP contribution in [-0.2, 0) is 19.5 Å². The number of hydrogen-bond acceptors (Lipinski definition) is 0. The Kier molecular flexibility index (Phi) is 293. The second-order valence-corrected chi connectivity index (χ2v) is 0.577.